The maximum absolute atomic E-state index is 10.8. The van der Waals surface area contributed by atoms with Gasteiger partial charge in [0.1, 0.15) is 17.2 Å². The predicted molar refractivity (Wildman–Crippen MR) is 123 cm³/mol. The molecule has 3 aromatic carbocycles. The normalized spacial score (nSPS) is 14.0. The second-order valence-corrected chi connectivity index (χ2v) is 8.14. The number of nitrogens with zero attached hydrogens (tertiary/aromatic N) is 1. The van der Waals surface area contributed by atoms with Crippen LogP contribution in [0.1, 0.15) is 23.7 Å². The van der Waals surface area contributed by atoms with Gasteiger partial charge in [0, 0.05) is 39.7 Å². The van der Waals surface area contributed by atoms with Crippen LogP contribution >= 0.6 is 0 Å². The third-order valence-corrected chi connectivity index (χ3v) is 6.42. The Morgan fingerprint density at radius 2 is 1.32 bits per heavy atom. The first-order valence-corrected chi connectivity index (χ1v) is 10.4. The Bertz CT molecular complexity index is 1400. The fraction of sp³-hybridized carbons (Fsp3) is 0.0714. The van der Waals surface area contributed by atoms with E-state index in [1.165, 1.54) is 0 Å². The highest BCUT2D eigenvalue weighted by atomic mass is 16.5. The number of hydrogen-bond acceptors (Lipinski definition) is 2. The summed E-state index contributed by atoms with van der Waals surface area (Å²) >= 11 is 0. The number of phenols is 1. The molecule has 5 aromatic rings. The van der Waals surface area contributed by atoms with Crippen LogP contribution in [0.2, 0.25) is 0 Å². The minimum Gasteiger partial charge on any atom is -0.507 e. The smallest absolute Gasteiger partial charge is 0.131 e. The summed E-state index contributed by atoms with van der Waals surface area (Å²) in [5, 5.41) is 10.8. The molecule has 0 unspecified atom stereocenters. The second-order valence-electron chi connectivity index (χ2n) is 8.14. The average molecular weight is 403 g/mol. The minimum absolute atomic E-state index is 0.275. The molecule has 0 aliphatic carbocycles. The number of fused-ring (bicyclic) bond motifs is 3. The van der Waals surface area contributed by atoms with Gasteiger partial charge in [-0.15, -0.1) is 0 Å². The number of hydrogen-bond donors (Lipinski definition) is 1. The van der Waals surface area contributed by atoms with Crippen LogP contribution in [0.5, 0.6) is 17.2 Å². The van der Waals surface area contributed by atoms with Crippen molar-refractivity contribution in [2.45, 2.75) is 12.3 Å². The molecule has 0 saturated carbocycles. The fourth-order valence-electron chi connectivity index (χ4n) is 5.00. The van der Waals surface area contributed by atoms with Crippen molar-refractivity contribution in [1.82, 2.24) is 4.40 Å². The van der Waals surface area contributed by atoms with E-state index in [1.807, 2.05) is 54.6 Å². The van der Waals surface area contributed by atoms with Crippen LogP contribution in [0.25, 0.3) is 16.6 Å². The second kappa shape index (κ2) is 6.51. The van der Waals surface area contributed by atoms with Crippen molar-refractivity contribution in [3.8, 4) is 28.4 Å². The molecule has 3 nitrogen and oxygen atoms in total. The first kappa shape index (κ1) is 17.8. The molecule has 0 fully saturated rings. The van der Waals surface area contributed by atoms with Gasteiger partial charge in [0.05, 0.1) is 5.41 Å². The monoisotopic (exact) mass is 403 g/mol. The number of pyridine rings is 1. The molecule has 0 amide bonds. The van der Waals surface area contributed by atoms with Crippen LogP contribution in [0.4, 0.5) is 0 Å². The van der Waals surface area contributed by atoms with E-state index in [2.05, 4.69) is 53.9 Å². The number of phenolic OH excluding ortho intramolecular Hbond substituents is 1. The number of rotatable bonds is 2. The molecule has 2 aromatic heterocycles. The van der Waals surface area contributed by atoms with Crippen molar-refractivity contribution in [3.63, 3.8) is 0 Å². The van der Waals surface area contributed by atoms with E-state index < -0.39 is 5.41 Å². The molecule has 0 radical (unpaired) electrons. The fourth-order valence-corrected chi connectivity index (χ4v) is 5.00. The summed E-state index contributed by atoms with van der Waals surface area (Å²) in [7, 11) is 0. The Kier molecular flexibility index (Phi) is 3.75. The lowest BCUT2D eigenvalue weighted by Crippen LogP contribution is -2.31. The van der Waals surface area contributed by atoms with E-state index in [1.54, 1.807) is 6.07 Å². The average Bonchev–Trinajstić information content (AvgIpc) is 3.19. The third kappa shape index (κ3) is 2.47. The van der Waals surface area contributed by atoms with Crippen molar-refractivity contribution in [3.05, 3.63) is 120 Å². The number of aromatic hydroxyl groups is 1. The number of aromatic nitrogens is 1. The molecule has 1 aliphatic rings. The molecule has 3 heterocycles. The van der Waals surface area contributed by atoms with Crippen LogP contribution in [0.3, 0.4) is 0 Å². The Morgan fingerprint density at radius 1 is 0.710 bits per heavy atom. The zero-order valence-corrected chi connectivity index (χ0v) is 17.1. The van der Waals surface area contributed by atoms with Crippen molar-refractivity contribution < 1.29 is 9.84 Å². The van der Waals surface area contributed by atoms with Crippen LogP contribution in [-0.4, -0.2) is 9.51 Å². The number of benzene rings is 3. The first-order valence-electron chi connectivity index (χ1n) is 10.4. The Hall–Kier alpha value is -3.98. The molecule has 150 valence electrons. The summed E-state index contributed by atoms with van der Waals surface area (Å²) in [6.07, 6.45) is 2.10. The number of ether oxygens (including phenoxy) is 1. The van der Waals surface area contributed by atoms with Crippen LogP contribution in [-0.2, 0) is 5.41 Å². The molecular formula is C28H21NO2. The lowest BCUT2D eigenvalue weighted by molar-refractivity contribution is 0.424. The van der Waals surface area contributed by atoms with Crippen LogP contribution in [0.15, 0.2) is 103 Å². The van der Waals surface area contributed by atoms with E-state index in [0.29, 0.717) is 0 Å². The topological polar surface area (TPSA) is 33.9 Å². The quantitative estimate of drug-likeness (QED) is 0.353. The van der Waals surface area contributed by atoms with Gasteiger partial charge in [-0.3, -0.25) is 0 Å². The third-order valence-electron chi connectivity index (χ3n) is 6.42. The van der Waals surface area contributed by atoms with Crippen molar-refractivity contribution >= 4 is 5.52 Å². The van der Waals surface area contributed by atoms with E-state index in [4.69, 9.17) is 4.74 Å². The summed E-state index contributed by atoms with van der Waals surface area (Å²) in [6, 6.07) is 32.4. The summed E-state index contributed by atoms with van der Waals surface area (Å²) in [4.78, 5) is 0. The molecule has 6 rings (SSSR count). The van der Waals surface area contributed by atoms with Gasteiger partial charge in [0.2, 0.25) is 0 Å². The van der Waals surface area contributed by atoms with Gasteiger partial charge in [0.25, 0.3) is 0 Å². The van der Waals surface area contributed by atoms with Gasteiger partial charge < -0.3 is 14.2 Å². The van der Waals surface area contributed by atoms with E-state index in [-0.39, 0.29) is 5.75 Å². The SMILES string of the molecule is CC1(c2c(-c3ccccc3O)cc3ccccn23)c2ccccc2Oc2ccccc21. The van der Waals surface area contributed by atoms with Gasteiger partial charge in [-0.05, 0) is 43.3 Å². The lowest BCUT2D eigenvalue weighted by Gasteiger charge is -2.38. The van der Waals surface area contributed by atoms with Gasteiger partial charge in [-0.1, -0.05) is 60.7 Å². The van der Waals surface area contributed by atoms with E-state index in [9.17, 15) is 5.11 Å². The van der Waals surface area contributed by atoms with Crippen LogP contribution in [0, 0.1) is 0 Å². The molecular weight excluding hydrogens is 382 g/mol. The summed E-state index contributed by atoms with van der Waals surface area (Å²) in [5.41, 5.74) is 5.74. The molecule has 1 aliphatic heterocycles. The van der Waals surface area contributed by atoms with Crippen molar-refractivity contribution in [2.24, 2.45) is 0 Å². The summed E-state index contributed by atoms with van der Waals surface area (Å²) in [5.74, 6) is 1.99. The first-order chi connectivity index (χ1) is 15.2. The standard InChI is InChI=1S/C28H21NO2/c1-28(22-12-3-6-15-25(22)31-26-16-7-4-13-23(26)28)27-21(20-11-2-5-14-24(20)30)18-19-10-8-9-17-29(19)27/h2-18,30H,1H3. The van der Waals surface area contributed by atoms with Crippen LogP contribution < -0.4 is 4.74 Å². The Labute approximate surface area is 180 Å². The zero-order chi connectivity index (χ0) is 21.0. The number of para-hydroxylation sites is 3. The molecule has 0 spiro atoms. The van der Waals surface area contributed by atoms with E-state index in [0.717, 1.165) is 45.0 Å². The van der Waals surface area contributed by atoms with Gasteiger partial charge in [-0.25, -0.2) is 0 Å². The molecule has 3 heteroatoms. The maximum atomic E-state index is 10.8. The van der Waals surface area contributed by atoms with E-state index >= 15 is 0 Å². The highest BCUT2D eigenvalue weighted by Gasteiger charge is 2.43. The zero-order valence-electron chi connectivity index (χ0n) is 17.1. The van der Waals surface area contributed by atoms with Gasteiger partial charge >= 0.3 is 0 Å². The molecule has 0 atom stereocenters. The largest absolute Gasteiger partial charge is 0.507 e. The van der Waals surface area contributed by atoms with Gasteiger partial charge in [0.15, 0.2) is 0 Å². The van der Waals surface area contributed by atoms with Crippen molar-refractivity contribution in [1.29, 1.82) is 0 Å². The Balaban J connectivity index is 1.78. The minimum atomic E-state index is -0.489. The maximum Gasteiger partial charge on any atom is 0.131 e. The van der Waals surface area contributed by atoms with Gasteiger partial charge in [-0.2, -0.15) is 0 Å². The molecule has 31 heavy (non-hydrogen) atoms. The highest BCUT2D eigenvalue weighted by molar-refractivity contribution is 5.81. The predicted octanol–water partition coefficient (Wildman–Crippen LogP) is 6.77. The summed E-state index contributed by atoms with van der Waals surface area (Å²) in [6.45, 7) is 2.26. The summed E-state index contributed by atoms with van der Waals surface area (Å²) < 4.78 is 8.53. The van der Waals surface area contributed by atoms with Crippen molar-refractivity contribution in [2.75, 3.05) is 0 Å². The molecule has 0 bridgehead atoms. The molecule has 1 N–H and O–H groups in total. The Morgan fingerprint density at radius 3 is 2.03 bits per heavy atom. The highest BCUT2D eigenvalue weighted by Crippen LogP contribution is 2.54. The molecule has 0 saturated heterocycles. The lowest BCUT2D eigenvalue weighted by atomic mass is 9.70.